The third-order valence-electron chi connectivity index (χ3n) is 5.82. The van der Waals surface area contributed by atoms with Gasteiger partial charge in [0.1, 0.15) is 11.4 Å². The van der Waals surface area contributed by atoms with E-state index in [0.717, 1.165) is 6.07 Å². The Morgan fingerprint density at radius 2 is 1.91 bits per heavy atom. The number of carbonyl (C=O) groups excluding carboxylic acids is 1. The summed E-state index contributed by atoms with van der Waals surface area (Å²) < 4.78 is 21.6. The van der Waals surface area contributed by atoms with E-state index in [-0.39, 0.29) is 11.3 Å². The molecule has 1 N–H and O–H groups in total. The highest BCUT2D eigenvalue weighted by molar-refractivity contribution is 5.95. The number of methoxy groups -OCH3 is 1. The number of pyridine rings is 2. The van der Waals surface area contributed by atoms with Gasteiger partial charge in [0.25, 0.3) is 5.91 Å². The highest BCUT2D eigenvalue weighted by atomic mass is 19.1. The first-order valence-electron chi connectivity index (χ1n) is 10.5. The van der Waals surface area contributed by atoms with Crippen LogP contribution in [0.25, 0.3) is 10.9 Å². The summed E-state index contributed by atoms with van der Waals surface area (Å²) in [7, 11) is 1.50. The summed E-state index contributed by atoms with van der Waals surface area (Å²) in [6.45, 7) is 3.82. The van der Waals surface area contributed by atoms with Crippen molar-refractivity contribution in [3.05, 3.63) is 63.8 Å². The number of fused-ring (bicyclic) bond motifs is 1. The number of amides is 1. The van der Waals surface area contributed by atoms with Gasteiger partial charge in [-0.25, -0.2) is 14.2 Å². The highest BCUT2D eigenvalue weighted by Gasteiger charge is 2.25. The number of benzene rings is 1. The molecule has 0 atom stereocenters. The second-order valence-electron chi connectivity index (χ2n) is 7.65. The third-order valence-corrected chi connectivity index (χ3v) is 5.82. The zero-order chi connectivity index (χ0) is 23.7. The number of anilines is 1. The number of carboxylic acids is 1. The first kappa shape index (κ1) is 22.3. The molecule has 9 nitrogen and oxygen atoms in total. The van der Waals surface area contributed by atoms with Crippen molar-refractivity contribution >= 4 is 28.5 Å². The summed E-state index contributed by atoms with van der Waals surface area (Å²) >= 11 is 0. The van der Waals surface area contributed by atoms with Gasteiger partial charge in [0.05, 0.1) is 23.9 Å². The molecule has 2 aromatic heterocycles. The van der Waals surface area contributed by atoms with Crippen LogP contribution in [0.3, 0.4) is 0 Å². The predicted octanol–water partition coefficient (Wildman–Crippen LogP) is 2.22. The number of piperazine rings is 1. The van der Waals surface area contributed by atoms with Crippen molar-refractivity contribution in [2.24, 2.45) is 0 Å². The van der Waals surface area contributed by atoms with E-state index in [9.17, 15) is 19.5 Å². The minimum atomic E-state index is -1.35. The average molecular weight is 454 g/mol. The predicted molar refractivity (Wildman–Crippen MR) is 120 cm³/mol. The van der Waals surface area contributed by atoms with Gasteiger partial charge in [-0.3, -0.25) is 9.59 Å². The van der Waals surface area contributed by atoms with Crippen molar-refractivity contribution < 1.29 is 23.8 Å². The molecule has 1 aliphatic rings. The summed E-state index contributed by atoms with van der Waals surface area (Å²) in [5.41, 5.74) is 0.118. The maximum absolute atomic E-state index is 15.0. The van der Waals surface area contributed by atoms with Crippen molar-refractivity contribution in [2.75, 3.05) is 38.2 Å². The summed E-state index contributed by atoms with van der Waals surface area (Å²) in [6.07, 6.45) is 2.75. The van der Waals surface area contributed by atoms with Crippen LogP contribution in [0.1, 0.15) is 27.6 Å². The topological polar surface area (TPSA) is 105 Å². The Balaban J connectivity index is 1.58. The van der Waals surface area contributed by atoms with E-state index in [0.29, 0.717) is 55.4 Å². The molecule has 3 aromatic rings. The lowest BCUT2D eigenvalue weighted by Gasteiger charge is -2.36. The number of hydrogen-bond acceptors (Lipinski definition) is 6. The van der Waals surface area contributed by atoms with Crippen LogP contribution in [-0.4, -0.2) is 64.7 Å². The van der Waals surface area contributed by atoms with Crippen LogP contribution in [0.2, 0.25) is 0 Å². The number of ether oxygens (including phenoxy) is 1. The van der Waals surface area contributed by atoms with Gasteiger partial charge in [-0.1, -0.05) is 0 Å². The molecule has 0 aliphatic carbocycles. The normalized spacial score (nSPS) is 13.9. The van der Waals surface area contributed by atoms with Crippen LogP contribution in [0, 0.1) is 5.82 Å². The van der Waals surface area contributed by atoms with Gasteiger partial charge in [0, 0.05) is 56.6 Å². The lowest BCUT2D eigenvalue weighted by molar-refractivity contribution is 0.0693. The number of nitrogens with zero attached hydrogens (tertiary/aromatic N) is 4. The maximum Gasteiger partial charge on any atom is 0.341 e. The minimum Gasteiger partial charge on any atom is -0.481 e. The van der Waals surface area contributed by atoms with Gasteiger partial charge in [-0.15, -0.1) is 0 Å². The molecule has 33 heavy (non-hydrogen) atoms. The van der Waals surface area contributed by atoms with Crippen molar-refractivity contribution in [3.8, 4) is 5.88 Å². The first-order chi connectivity index (χ1) is 15.8. The molecule has 0 saturated carbocycles. The van der Waals surface area contributed by atoms with Crippen molar-refractivity contribution in [1.82, 2.24) is 14.5 Å². The first-order valence-corrected chi connectivity index (χ1v) is 10.5. The summed E-state index contributed by atoms with van der Waals surface area (Å²) in [5.74, 6) is -1.70. The van der Waals surface area contributed by atoms with Crippen LogP contribution >= 0.6 is 0 Å². The Morgan fingerprint density at radius 3 is 2.48 bits per heavy atom. The van der Waals surface area contributed by atoms with Gasteiger partial charge in [-0.05, 0) is 25.1 Å². The number of rotatable bonds is 5. The second-order valence-corrected chi connectivity index (χ2v) is 7.65. The van der Waals surface area contributed by atoms with E-state index in [1.807, 2.05) is 11.8 Å². The fraction of sp³-hybridized carbons (Fsp3) is 0.304. The molecule has 172 valence electrons. The van der Waals surface area contributed by atoms with Gasteiger partial charge >= 0.3 is 5.97 Å². The lowest BCUT2D eigenvalue weighted by Crippen LogP contribution is -2.49. The number of aromatic nitrogens is 2. The Morgan fingerprint density at radius 1 is 1.18 bits per heavy atom. The van der Waals surface area contributed by atoms with Gasteiger partial charge in [0.15, 0.2) is 0 Å². The fourth-order valence-electron chi connectivity index (χ4n) is 4.02. The number of aromatic carboxylic acids is 1. The monoisotopic (exact) mass is 454 g/mol. The number of aryl methyl sites for hydroxylation is 1. The summed E-state index contributed by atoms with van der Waals surface area (Å²) in [6, 6.07) is 5.95. The number of halogens is 1. The summed E-state index contributed by atoms with van der Waals surface area (Å²) in [5, 5.41) is 9.32. The molecule has 0 unspecified atom stereocenters. The molecular formula is C23H23FN4O5. The molecule has 10 heteroatoms. The van der Waals surface area contributed by atoms with E-state index in [1.54, 1.807) is 27.7 Å². The van der Waals surface area contributed by atoms with E-state index in [4.69, 9.17) is 4.74 Å². The Hall–Kier alpha value is -3.95. The number of hydrogen-bond donors (Lipinski definition) is 1. The van der Waals surface area contributed by atoms with Crippen molar-refractivity contribution in [3.63, 3.8) is 0 Å². The zero-order valence-corrected chi connectivity index (χ0v) is 18.2. The molecule has 0 spiro atoms. The molecule has 4 rings (SSSR count). The Labute approximate surface area is 188 Å². The summed E-state index contributed by atoms with van der Waals surface area (Å²) in [4.78, 5) is 44.3. The van der Waals surface area contributed by atoms with E-state index in [2.05, 4.69) is 4.98 Å². The molecule has 1 fully saturated rings. The third kappa shape index (κ3) is 4.11. The zero-order valence-electron chi connectivity index (χ0n) is 18.2. The van der Waals surface area contributed by atoms with Crippen molar-refractivity contribution in [1.29, 1.82) is 0 Å². The fourth-order valence-corrected chi connectivity index (χ4v) is 4.02. The molecule has 0 bridgehead atoms. The van der Waals surface area contributed by atoms with E-state index < -0.39 is 22.8 Å². The van der Waals surface area contributed by atoms with Gasteiger partial charge in [0.2, 0.25) is 11.3 Å². The van der Waals surface area contributed by atoms with Crippen LogP contribution in [-0.2, 0) is 6.54 Å². The Bertz CT molecular complexity index is 1280. The van der Waals surface area contributed by atoms with Crippen LogP contribution in [0.4, 0.5) is 10.1 Å². The largest absolute Gasteiger partial charge is 0.481 e. The van der Waals surface area contributed by atoms with Gasteiger partial charge in [-0.2, -0.15) is 0 Å². The highest BCUT2D eigenvalue weighted by Crippen LogP contribution is 2.26. The number of carboxylic acid groups (broad SMARTS) is 1. The smallest absolute Gasteiger partial charge is 0.341 e. The van der Waals surface area contributed by atoms with E-state index in [1.165, 1.54) is 19.5 Å². The van der Waals surface area contributed by atoms with Gasteiger partial charge < -0.3 is 24.2 Å². The van der Waals surface area contributed by atoms with Crippen LogP contribution in [0.5, 0.6) is 5.88 Å². The molecule has 1 amide bonds. The maximum atomic E-state index is 15.0. The quantitative estimate of drug-likeness (QED) is 0.630. The van der Waals surface area contributed by atoms with E-state index >= 15 is 4.39 Å². The molecule has 3 heterocycles. The average Bonchev–Trinajstić information content (AvgIpc) is 2.84. The molecule has 1 aliphatic heterocycles. The van der Waals surface area contributed by atoms with Crippen LogP contribution in [0.15, 0.2) is 41.5 Å². The van der Waals surface area contributed by atoms with Crippen LogP contribution < -0.4 is 15.1 Å². The molecule has 1 aromatic carbocycles. The number of carbonyl (C=O) groups is 2. The molecule has 0 radical (unpaired) electrons. The molecule has 1 saturated heterocycles. The SMILES string of the molecule is CCn1cc(C(=O)O)c(=O)c2cc(F)c(N3CCN(C(=O)c4ccc(OC)nc4)CC3)cc21. The standard InChI is InChI=1S/C23H23FN4O5/c1-3-26-13-16(23(31)32)21(29)15-10-17(24)19(11-18(15)26)27-6-8-28(9-7-27)22(30)14-4-5-20(33-2)25-12-14/h4-5,10-13H,3,6-9H2,1-2H3,(H,31,32). The molecular weight excluding hydrogens is 431 g/mol. The second kappa shape index (κ2) is 8.89. The van der Waals surface area contributed by atoms with Crippen molar-refractivity contribution in [2.45, 2.75) is 13.5 Å². The lowest BCUT2D eigenvalue weighted by atomic mass is 10.1. The Kier molecular flexibility index (Phi) is 5.99. The minimum absolute atomic E-state index is 0.0267.